The van der Waals surface area contributed by atoms with E-state index in [0.29, 0.717) is 31.1 Å². The molecule has 4 aromatic rings. The van der Waals surface area contributed by atoms with E-state index in [1.165, 1.54) is 16.7 Å². The molecule has 1 atom stereocenters. The second-order valence-electron chi connectivity index (χ2n) is 7.97. The van der Waals surface area contributed by atoms with Crippen LogP contribution >= 0.6 is 11.6 Å². The van der Waals surface area contributed by atoms with Crippen LogP contribution in [0, 0.1) is 19.7 Å². The van der Waals surface area contributed by atoms with Gasteiger partial charge in [0.15, 0.2) is 17.1 Å². The Morgan fingerprint density at radius 1 is 1.18 bits per heavy atom. The number of anilines is 1. The standard InChI is InChI=1S/C22H21ClFN7O2/c1-12-13(2)27-20-19(26-12)28-21(22(32)31(20)17-5-4-15(23)8-16(17)24)30-6-7-33-18(11-30)14-9-25-29(3)10-14/h4-5,8-10,18H,6-7,11H2,1-3H3. The molecule has 0 bridgehead atoms. The topological polar surface area (TPSA) is 91.0 Å². The van der Waals surface area contributed by atoms with E-state index in [1.807, 2.05) is 25.1 Å². The van der Waals surface area contributed by atoms with Gasteiger partial charge in [0.05, 0.1) is 36.4 Å². The number of nitrogens with zero attached hydrogens (tertiary/aromatic N) is 7. The fourth-order valence-corrected chi connectivity index (χ4v) is 4.05. The molecule has 170 valence electrons. The van der Waals surface area contributed by atoms with Crippen LogP contribution in [0.15, 0.2) is 35.4 Å². The highest BCUT2D eigenvalue weighted by atomic mass is 35.5. The van der Waals surface area contributed by atoms with Gasteiger partial charge in [-0.2, -0.15) is 5.10 Å². The third-order valence-electron chi connectivity index (χ3n) is 5.70. The number of morpholine rings is 1. The maximum atomic E-state index is 14.9. The van der Waals surface area contributed by atoms with Crippen molar-refractivity contribution in [3.05, 3.63) is 68.7 Å². The summed E-state index contributed by atoms with van der Waals surface area (Å²) in [6.45, 7) is 4.83. The van der Waals surface area contributed by atoms with Gasteiger partial charge in [-0.3, -0.25) is 14.0 Å². The quantitative estimate of drug-likeness (QED) is 0.455. The van der Waals surface area contributed by atoms with Gasteiger partial charge in [-0.15, -0.1) is 0 Å². The lowest BCUT2D eigenvalue weighted by Gasteiger charge is -2.33. The average molecular weight is 470 g/mol. The lowest BCUT2D eigenvalue weighted by Crippen LogP contribution is -2.42. The molecule has 4 heterocycles. The number of fused-ring (bicyclic) bond motifs is 1. The summed E-state index contributed by atoms with van der Waals surface area (Å²) >= 11 is 5.94. The van der Waals surface area contributed by atoms with Crippen molar-refractivity contribution in [2.75, 3.05) is 24.6 Å². The molecule has 0 spiro atoms. The second kappa shape index (κ2) is 8.20. The van der Waals surface area contributed by atoms with Gasteiger partial charge in [-0.25, -0.2) is 19.3 Å². The van der Waals surface area contributed by atoms with Crippen molar-refractivity contribution in [1.29, 1.82) is 0 Å². The van der Waals surface area contributed by atoms with E-state index in [0.717, 1.165) is 11.6 Å². The molecule has 0 radical (unpaired) electrons. The van der Waals surface area contributed by atoms with Gasteiger partial charge in [0, 0.05) is 30.4 Å². The van der Waals surface area contributed by atoms with Gasteiger partial charge in [0.25, 0.3) is 5.56 Å². The van der Waals surface area contributed by atoms with Crippen LogP contribution in [0.5, 0.6) is 0 Å². The van der Waals surface area contributed by atoms with Crippen LogP contribution in [0.2, 0.25) is 5.02 Å². The molecule has 1 unspecified atom stereocenters. The molecular weight excluding hydrogens is 449 g/mol. The maximum Gasteiger partial charge on any atom is 0.299 e. The Morgan fingerprint density at radius 2 is 1.97 bits per heavy atom. The highest BCUT2D eigenvalue weighted by Gasteiger charge is 2.28. The summed E-state index contributed by atoms with van der Waals surface area (Å²) in [5.41, 5.74) is 2.19. The molecule has 1 saturated heterocycles. The molecular formula is C22H21ClFN7O2. The number of ether oxygens (including phenoxy) is 1. The summed E-state index contributed by atoms with van der Waals surface area (Å²) in [6, 6.07) is 4.15. The van der Waals surface area contributed by atoms with E-state index in [2.05, 4.69) is 20.1 Å². The normalized spacial score (nSPS) is 16.5. The fourth-order valence-electron chi connectivity index (χ4n) is 3.89. The van der Waals surface area contributed by atoms with Crippen LogP contribution in [0.4, 0.5) is 10.2 Å². The minimum absolute atomic E-state index is 0.0349. The fraction of sp³-hybridized carbons (Fsp3) is 0.318. The predicted molar refractivity (Wildman–Crippen MR) is 121 cm³/mol. The van der Waals surface area contributed by atoms with Crippen molar-refractivity contribution in [3.8, 4) is 5.69 Å². The Labute approximate surface area is 193 Å². The average Bonchev–Trinajstić information content (AvgIpc) is 3.22. The zero-order valence-corrected chi connectivity index (χ0v) is 19.0. The molecule has 1 fully saturated rings. The summed E-state index contributed by atoms with van der Waals surface area (Å²) < 4.78 is 23.7. The largest absolute Gasteiger partial charge is 0.370 e. The first-order chi connectivity index (χ1) is 15.8. The van der Waals surface area contributed by atoms with Gasteiger partial charge in [0.2, 0.25) is 0 Å². The first kappa shape index (κ1) is 21.5. The Morgan fingerprint density at radius 3 is 2.70 bits per heavy atom. The van der Waals surface area contributed by atoms with Crippen LogP contribution < -0.4 is 10.5 Å². The molecule has 5 rings (SSSR count). The molecule has 9 nitrogen and oxygen atoms in total. The molecule has 0 saturated carbocycles. The maximum absolute atomic E-state index is 14.9. The molecule has 1 aliphatic rings. The number of rotatable bonds is 3. The first-order valence-corrected chi connectivity index (χ1v) is 10.8. The van der Waals surface area contributed by atoms with E-state index < -0.39 is 11.4 Å². The number of aromatic nitrogens is 6. The van der Waals surface area contributed by atoms with Gasteiger partial charge in [-0.05, 0) is 32.0 Å². The van der Waals surface area contributed by atoms with Crippen molar-refractivity contribution in [1.82, 2.24) is 29.3 Å². The lowest BCUT2D eigenvalue weighted by molar-refractivity contribution is 0.0394. The number of halogens is 2. The Bertz CT molecular complexity index is 1430. The number of hydrogen-bond donors (Lipinski definition) is 0. The third-order valence-corrected chi connectivity index (χ3v) is 5.94. The van der Waals surface area contributed by atoms with Gasteiger partial charge >= 0.3 is 0 Å². The van der Waals surface area contributed by atoms with Crippen molar-refractivity contribution in [2.45, 2.75) is 20.0 Å². The Hall–Kier alpha value is -3.37. The zero-order valence-electron chi connectivity index (χ0n) is 18.3. The van der Waals surface area contributed by atoms with Crippen molar-refractivity contribution in [3.63, 3.8) is 0 Å². The van der Waals surface area contributed by atoms with Gasteiger partial charge in [-0.1, -0.05) is 11.6 Å². The summed E-state index contributed by atoms with van der Waals surface area (Å²) in [4.78, 5) is 29.1. The molecule has 11 heteroatoms. The van der Waals surface area contributed by atoms with Gasteiger partial charge in [0.1, 0.15) is 11.9 Å². The Balaban J connectivity index is 1.69. The number of benzene rings is 1. The molecule has 1 aromatic carbocycles. The number of hydrogen-bond acceptors (Lipinski definition) is 7. The summed E-state index contributed by atoms with van der Waals surface area (Å²) in [5, 5.41) is 4.43. The van der Waals surface area contributed by atoms with Crippen LogP contribution in [0.1, 0.15) is 23.1 Å². The summed E-state index contributed by atoms with van der Waals surface area (Å²) in [6.07, 6.45) is 3.33. The molecule has 0 amide bonds. The smallest absolute Gasteiger partial charge is 0.299 e. The van der Waals surface area contributed by atoms with E-state index in [4.69, 9.17) is 16.3 Å². The van der Waals surface area contributed by atoms with E-state index in [-0.39, 0.29) is 33.9 Å². The van der Waals surface area contributed by atoms with Crippen molar-refractivity contribution >= 4 is 28.7 Å². The van der Waals surface area contributed by atoms with E-state index in [9.17, 15) is 9.18 Å². The monoisotopic (exact) mass is 469 g/mol. The second-order valence-corrected chi connectivity index (χ2v) is 8.40. The first-order valence-electron chi connectivity index (χ1n) is 10.4. The molecule has 1 aliphatic heterocycles. The molecule has 3 aromatic heterocycles. The Kier molecular flexibility index (Phi) is 5.34. The van der Waals surface area contributed by atoms with Crippen LogP contribution in [-0.4, -0.2) is 49.0 Å². The molecule has 0 aliphatic carbocycles. The third kappa shape index (κ3) is 3.85. The van der Waals surface area contributed by atoms with Gasteiger partial charge < -0.3 is 9.64 Å². The van der Waals surface area contributed by atoms with Crippen LogP contribution in [0.25, 0.3) is 17.0 Å². The van der Waals surface area contributed by atoms with Crippen molar-refractivity contribution < 1.29 is 9.13 Å². The minimum Gasteiger partial charge on any atom is -0.370 e. The molecule has 33 heavy (non-hydrogen) atoms. The highest BCUT2D eigenvalue weighted by molar-refractivity contribution is 6.30. The summed E-state index contributed by atoms with van der Waals surface area (Å²) in [5.74, 6) is -0.482. The highest BCUT2D eigenvalue weighted by Crippen LogP contribution is 2.26. The SMILES string of the molecule is Cc1nc2nc(N3CCOC(c4cnn(C)c4)C3)c(=O)n(-c3ccc(Cl)cc3F)c2nc1C. The zero-order chi connectivity index (χ0) is 23.3. The van der Waals surface area contributed by atoms with E-state index >= 15 is 0 Å². The molecule has 0 N–H and O–H groups in total. The van der Waals surface area contributed by atoms with Crippen LogP contribution in [0.3, 0.4) is 0 Å². The summed E-state index contributed by atoms with van der Waals surface area (Å²) in [7, 11) is 1.83. The number of aryl methyl sites for hydroxylation is 3. The van der Waals surface area contributed by atoms with Crippen LogP contribution in [-0.2, 0) is 11.8 Å². The minimum atomic E-state index is -0.640. The van der Waals surface area contributed by atoms with Crippen molar-refractivity contribution in [2.24, 2.45) is 7.05 Å². The lowest BCUT2D eigenvalue weighted by atomic mass is 10.1. The van der Waals surface area contributed by atoms with E-state index in [1.54, 1.807) is 17.8 Å². The predicted octanol–water partition coefficient (Wildman–Crippen LogP) is 2.90.